The van der Waals surface area contributed by atoms with Gasteiger partial charge in [-0.05, 0) is 26.0 Å². The first-order valence-electron chi connectivity index (χ1n) is 7.04. The normalized spacial score (nSPS) is 10.7. The van der Waals surface area contributed by atoms with Crippen LogP contribution in [0.15, 0.2) is 30.7 Å². The Morgan fingerprint density at radius 2 is 1.91 bits per heavy atom. The summed E-state index contributed by atoms with van der Waals surface area (Å²) in [5.41, 5.74) is 3.82. The van der Waals surface area contributed by atoms with Gasteiger partial charge in [-0.25, -0.2) is 15.0 Å². The molecule has 2 heterocycles. The summed E-state index contributed by atoms with van der Waals surface area (Å²) in [4.78, 5) is 19.4. The van der Waals surface area contributed by atoms with Crippen LogP contribution in [0, 0.1) is 13.8 Å². The van der Waals surface area contributed by atoms with Gasteiger partial charge in [0, 0.05) is 36.9 Å². The molecule has 0 unspecified atom stereocenters. The summed E-state index contributed by atoms with van der Waals surface area (Å²) in [6.07, 6.45) is 3.36. The quantitative estimate of drug-likeness (QED) is 0.801. The molecule has 0 amide bonds. The zero-order valence-electron chi connectivity index (χ0n) is 13.1. The highest BCUT2D eigenvalue weighted by Crippen LogP contribution is 2.27. The van der Waals surface area contributed by atoms with Gasteiger partial charge >= 0.3 is 0 Å². The van der Waals surface area contributed by atoms with Crippen LogP contribution in [0.5, 0.6) is 0 Å². The van der Waals surface area contributed by atoms with Crippen LogP contribution in [0.1, 0.15) is 11.3 Å². The van der Waals surface area contributed by atoms with Crippen LogP contribution in [-0.4, -0.2) is 34.0 Å². The van der Waals surface area contributed by atoms with Gasteiger partial charge in [-0.15, -0.1) is 0 Å². The van der Waals surface area contributed by atoms with Crippen molar-refractivity contribution in [3.63, 3.8) is 0 Å². The van der Waals surface area contributed by atoms with E-state index in [-0.39, 0.29) is 0 Å². The van der Waals surface area contributed by atoms with Crippen molar-refractivity contribution < 1.29 is 0 Å². The smallest absolute Gasteiger partial charge is 0.227 e. The van der Waals surface area contributed by atoms with Crippen LogP contribution in [-0.2, 0) is 0 Å². The third-order valence-corrected chi connectivity index (χ3v) is 3.58. The van der Waals surface area contributed by atoms with Gasteiger partial charge < -0.3 is 10.2 Å². The maximum absolute atomic E-state index is 4.60. The molecule has 0 saturated heterocycles. The van der Waals surface area contributed by atoms with Crippen molar-refractivity contribution in [3.05, 3.63) is 42.0 Å². The largest absolute Gasteiger partial charge is 0.347 e. The Labute approximate surface area is 129 Å². The zero-order chi connectivity index (χ0) is 15.7. The lowest BCUT2D eigenvalue weighted by molar-refractivity contribution is 0.966. The minimum atomic E-state index is 0.682. The zero-order valence-corrected chi connectivity index (χ0v) is 13.1. The number of hydrogen-bond donors (Lipinski definition) is 1. The minimum Gasteiger partial charge on any atom is -0.347 e. The molecule has 0 fully saturated rings. The van der Waals surface area contributed by atoms with Crippen LogP contribution in [0.25, 0.3) is 10.9 Å². The number of nitrogens with one attached hydrogen (secondary N) is 1. The molecule has 0 radical (unpaired) electrons. The van der Waals surface area contributed by atoms with Crippen LogP contribution in [0.4, 0.5) is 17.5 Å². The highest BCUT2D eigenvalue weighted by molar-refractivity contribution is 5.92. The standard InChI is InChI=1S/C16H18N6/c1-10-11(2)19-16(22(3)4)21-15(10)20-14-7-5-6-13-12(14)8-17-9-18-13/h5-9H,1-4H3,(H,19,20,21). The SMILES string of the molecule is Cc1nc(N(C)C)nc(Nc2cccc3ncncc23)c1C. The molecule has 112 valence electrons. The molecule has 0 atom stereocenters. The number of aryl methyl sites for hydroxylation is 1. The molecule has 0 spiro atoms. The average Bonchev–Trinajstić information content (AvgIpc) is 2.51. The van der Waals surface area contributed by atoms with Crippen LogP contribution < -0.4 is 10.2 Å². The molecule has 6 heteroatoms. The van der Waals surface area contributed by atoms with Gasteiger partial charge in [0.05, 0.1) is 11.2 Å². The molecule has 1 aromatic carbocycles. The Morgan fingerprint density at radius 3 is 2.68 bits per heavy atom. The molecule has 0 saturated carbocycles. The first kappa shape index (κ1) is 14.2. The lowest BCUT2D eigenvalue weighted by Crippen LogP contribution is -2.15. The monoisotopic (exact) mass is 294 g/mol. The molecule has 0 aliphatic carbocycles. The van der Waals surface area contributed by atoms with Gasteiger partial charge in [-0.2, -0.15) is 4.98 Å². The van der Waals surface area contributed by atoms with Crippen molar-refractivity contribution in [2.24, 2.45) is 0 Å². The minimum absolute atomic E-state index is 0.682. The summed E-state index contributed by atoms with van der Waals surface area (Å²) >= 11 is 0. The molecule has 0 bridgehead atoms. The fourth-order valence-corrected chi connectivity index (χ4v) is 2.18. The first-order chi connectivity index (χ1) is 10.6. The molecule has 3 aromatic rings. The lowest BCUT2D eigenvalue weighted by atomic mass is 10.2. The summed E-state index contributed by atoms with van der Waals surface area (Å²) in [5.74, 6) is 1.48. The number of anilines is 3. The summed E-state index contributed by atoms with van der Waals surface area (Å²) in [6, 6.07) is 5.93. The number of aromatic nitrogens is 4. The van der Waals surface area contributed by atoms with E-state index in [9.17, 15) is 0 Å². The van der Waals surface area contributed by atoms with E-state index in [1.165, 1.54) is 0 Å². The number of rotatable bonds is 3. The molecule has 3 rings (SSSR count). The Balaban J connectivity index is 2.09. The highest BCUT2D eigenvalue weighted by Gasteiger charge is 2.11. The second kappa shape index (κ2) is 5.55. The van der Waals surface area contributed by atoms with Gasteiger partial charge in [-0.1, -0.05) is 6.07 Å². The van der Waals surface area contributed by atoms with Crippen LogP contribution in [0.2, 0.25) is 0 Å². The van der Waals surface area contributed by atoms with E-state index in [1.807, 2.05) is 51.0 Å². The molecule has 22 heavy (non-hydrogen) atoms. The van der Waals surface area contributed by atoms with Crippen molar-refractivity contribution in [2.75, 3.05) is 24.3 Å². The van der Waals surface area contributed by atoms with Crippen molar-refractivity contribution in [1.29, 1.82) is 0 Å². The second-order valence-corrected chi connectivity index (χ2v) is 5.36. The number of benzene rings is 1. The summed E-state index contributed by atoms with van der Waals surface area (Å²) in [6.45, 7) is 4.00. The molecule has 2 aromatic heterocycles. The van der Waals surface area contributed by atoms with E-state index in [0.29, 0.717) is 5.95 Å². The lowest BCUT2D eigenvalue weighted by Gasteiger charge is -2.16. The van der Waals surface area contributed by atoms with E-state index < -0.39 is 0 Å². The van der Waals surface area contributed by atoms with Crippen molar-refractivity contribution >= 4 is 28.4 Å². The molecule has 0 aliphatic heterocycles. The first-order valence-corrected chi connectivity index (χ1v) is 7.04. The summed E-state index contributed by atoms with van der Waals surface area (Å²) < 4.78 is 0. The van der Waals surface area contributed by atoms with E-state index in [4.69, 9.17) is 0 Å². The predicted molar refractivity (Wildman–Crippen MR) is 88.7 cm³/mol. The second-order valence-electron chi connectivity index (χ2n) is 5.36. The number of hydrogen-bond acceptors (Lipinski definition) is 6. The summed E-state index contributed by atoms with van der Waals surface area (Å²) in [7, 11) is 3.86. The maximum Gasteiger partial charge on any atom is 0.227 e. The Kier molecular flexibility index (Phi) is 3.58. The van der Waals surface area contributed by atoms with Gasteiger partial charge in [0.25, 0.3) is 0 Å². The van der Waals surface area contributed by atoms with Crippen molar-refractivity contribution in [3.8, 4) is 0 Å². The van der Waals surface area contributed by atoms with Crippen LogP contribution >= 0.6 is 0 Å². The van der Waals surface area contributed by atoms with Crippen molar-refractivity contribution in [2.45, 2.75) is 13.8 Å². The Hall–Kier alpha value is -2.76. The van der Waals surface area contributed by atoms with E-state index in [1.54, 1.807) is 12.5 Å². The molecule has 0 aliphatic rings. The predicted octanol–water partition coefficient (Wildman–Crippen LogP) is 2.85. The van der Waals surface area contributed by atoms with Gasteiger partial charge in [0.15, 0.2) is 0 Å². The third-order valence-electron chi connectivity index (χ3n) is 3.58. The number of nitrogens with zero attached hydrogens (tertiary/aromatic N) is 5. The average molecular weight is 294 g/mol. The van der Waals surface area contributed by atoms with Crippen LogP contribution in [0.3, 0.4) is 0 Å². The van der Waals surface area contributed by atoms with Gasteiger partial charge in [-0.3, -0.25) is 0 Å². The fraction of sp³-hybridized carbons (Fsp3) is 0.250. The van der Waals surface area contributed by atoms with Gasteiger partial charge in [0.1, 0.15) is 12.1 Å². The maximum atomic E-state index is 4.60. The molecule has 1 N–H and O–H groups in total. The Morgan fingerprint density at radius 1 is 1.09 bits per heavy atom. The molecular weight excluding hydrogens is 276 g/mol. The summed E-state index contributed by atoms with van der Waals surface area (Å²) in [5, 5.41) is 4.36. The molecule has 6 nitrogen and oxygen atoms in total. The topological polar surface area (TPSA) is 66.8 Å². The molecular formula is C16H18N6. The van der Waals surface area contributed by atoms with Gasteiger partial charge in [0.2, 0.25) is 5.95 Å². The van der Waals surface area contributed by atoms with E-state index in [2.05, 4.69) is 25.3 Å². The highest BCUT2D eigenvalue weighted by atomic mass is 15.2. The van der Waals surface area contributed by atoms with E-state index in [0.717, 1.165) is 33.7 Å². The third kappa shape index (κ3) is 2.55. The Bertz CT molecular complexity index is 823. The van der Waals surface area contributed by atoms with E-state index >= 15 is 0 Å². The fourth-order valence-electron chi connectivity index (χ4n) is 2.18. The number of fused-ring (bicyclic) bond motifs is 1. The van der Waals surface area contributed by atoms with Crippen molar-refractivity contribution in [1.82, 2.24) is 19.9 Å².